The number of hydrogen-bond acceptors (Lipinski definition) is 6. The molecular formula is C18H20FN5O4. The van der Waals surface area contributed by atoms with E-state index in [1.54, 1.807) is 12.1 Å². The Balaban J connectivity index is 1.65. The first-order valence-electron chi connectivity index (χ1n) is 8.63. The minimum absolute atomic E-state index is 0.0547. The van der Waals surface area contributed by atoms with Gasteiger partial charge in [-0.05, 0) is 12.8 Å². The van der Waals surface area contributed by atoms with Crippen molar-refractivity contribution in [1.29, 1.82) is 0 Å². The number of aromatic nitrogens is 2. The van der Waals surface area contributed by atoms with Gasteiger partial charge in [0.15, 0.2) is 5.96 Å². The van der Waals surface area contributed by atoms with Crippen molar-refractivity contribution in [3.05, 3.63) is 42.0 Å². The van der Waals surface area contributed by atoms with Gasteiger partial charge in [-0.2, -0.15) is 0 Å². The van der Waals surface area contributed by atoms with Crippen molar-refractivity contribution in [2.24, 2.45) is 16.5 Å². The summed E-state index contributed by atoms with van der Waals surface area (Å²) in [5.41, 5.74) is 11.1. The van der Waals surface area contributed by atoms with E-state index in [0.29, 0.717) is 12.2 Å². The van der Waals surface area contributed by atoms with Crippen LogP contribution in [0.15, 0.2) is 35.6 Å². The van der Waals surface area contributed by atoms with E-state index in [1.165, 1.54) is 18.5 Å². The van der Waals surface area contributed by atoms with Gasteiger partial charge in [-0.1, -0.05) is 18.2 Å². The number of hydrogen-bond donors (Lipinski definition) is 2. The van der Waals surface area contributed by atoms with Crippen LogP contribution in [0, 0.1) is 5.82 Å². The number of aliphatic imine (C=N–C) groups is 1. The molecule has 1 atom stereocenters. The van der Waals surface area contributed by atoms with Gasteiger partial charge < -0.3 is 25.7 Å². The van der Waals surface area contributed by atoms with Gasteiger partial charge >= 0.3 is 12.1 Å². The highest BCUT2D eigenvalue weighted by Crippen LogP contribution is 2.25. The van der Waals surface area contributed by atoms with Crippen LogP contribution in [0.25, 0.3) is 11.1 Å². The Morgan fingerprint density at radius 1 is 1.32 bits per heavy atom. The molecule has 1 unspecified atom stereocenters. The van der Waals surface area contributed by atoms with E-state index in [-0.39, 0.29) is 29.8 Å². The third-order valence-electron chi connectivity index (χ3n) is 4.01. The normalized spacial score (nSPS) is 15.8. The number of guanidine groups is 1. The van der Waals surface area contributed by atoms with E-state index < -0.39 is 17.9 Å². The second-order valence-electron chi connectivity index (χ2n) is 6.07. The second kappa shape index (κ2) is 9.09. The van der Waals surface area contributed by atoms with Crippen LogP contribution >= 0.6 is 0 Å². The Kier molecular flexibility index (Phi) is 6.33. The Morgan fingerprint density at radius 3 is 2.79 bits per heavy atom. The first-order chi connectivity index (χ1) is 13.5. The lowest BCUT2D eigenvalue weighted by Crippen LogP contribution is -2.24. The molecule has 148 valence electrons. The summed E-state index contributed by atoms with van der Waals surface area (Å²) in [6, 6.07) is 4.88. The van der Waals surface area contributed by atoms with Crippen molar-refractivity contribution >= 4 is 12.1 Å². The first-order valence-corrected chi connectivity index (χ1v) is 8.63. The summed E-state index contributed by atoms with van der Waals surface area (Å²) in [7, 11) is 0. The molecule has 1 aromatic heterocycles. The number of amides is 1. The highest BCUT2D eigenvalue weighted by molar-refractivity contribution is 5.87. The standard InChI is InChI=1S/C18H20FN5O4/c19-15-11(9-28-18(25)24-16(20)21)3-1-5-14(15)12-7-22-17(23-8-12)27-10-13-4-2-6-26-13/h1,3,5,7-8,13H,2,4,6,9-10H2,(H4,20,21,24,25). The van der Waals surface area contributed by atoms with Gasteiger partial charge in [0, 0.05) is 35.7 Å². The van der Waals surface area contributed by atoms with Crippen LogP contribution in [0.5, 0.6) is 6.01 Å². The maximum absolute atomic E-state index is 14.7. The predicted octanol–water partition coefficient (Wildman–Crippen LogP) is 1.75. The zero-order chi connectivity index (χ0) is 19.9. The van der Waals surface area contributed by atoms with Crippen LogP contribution in [0.3, 0.4) is 0 Å². The average Bonchev–Trinajstić information content (AvgIpc) is 3.19. The summed E-state index contributed by atoms with van der Waals surface area (Å²) in [4.78, 5) is 22.8. The van der Waals surface area contributed by atoms with Crippen molar-refractivity contribution in [3.8, 4) is 17.1 Å². The van der Waals surface area contributed by atoms with Crippen molar-refractivity contribution < 1.29 is 23.4 Å². The maximum Gasteiger partial charge on any atom is 0.437 e. The Labute approximate surface area is 160 Å². The summed E-state index contributed by atoms with van der Waals surface area (Å²) < 4.78 is 30.5. The van der Waals surface area contributed by atoms with Gasteiger partial charge in [-0.3, -0.25) is 0 Å². The summed E-state index contributed by atoms with van der Waals surface area (Å²) >= 11 is 0. The Hall–Kier alpha value is -3.27. The lowest BCUT2D eigenvalue weighted by molar-refractivity contribution is 0.0645. The van der Waals surface area contributed by atoms with Gasteiger partial charge in [0.05, 0.1) is 6.10 Å². The topological polar surface area (TPSA) is 135 Å². The smallest absolute Gasteiger partial charge is 0.437 e. The maximum atomic E-state index is 14.7. The molecule has 1 amide bonds. The zero-order valence-electron chi connectivity index (χ0n) is 15.0. The molecule has 2 heterocycles. The van der Waals surface area contributed by atoms with Gasteiger partial charge in [-0.15, -0.1) is 4.99 Å². The fraction of sp³-hybridized carbons (Fsp3) is 0.333. The molecule has 9 nitrogen and oxygen atoms in total. The molecule has 1 fully saturated rings. The van der Waals surface area contributed by atoms with E-state index in [0.717, 1.165) is 19.4 Å². The van der Waals surface area contributed by atoms with E-state index >= 15 is 0 Å². The van der Waals surface area contributed by atoms with Crippen LogP contribution < -0.4 is 16.2 Å². The van der Waals surface area contributed by atoms with Crippen LogP contribution in [-0.2, 0) is 16.1 Å². The number of benzene rings is 1. The predicted molar refractivity (Wildman–Crippen MR) is 97.9 cm³/mol. The molecule has 1 aliphatic heterocycles. The summed E-state index contributed by atoms with van der Waals surface area (Å²) in [6.07, 6.45) is 3.95. The molecule has 2 aromatic rings. The number of halogens is 1. The van der Waals surface area contributed by atoms with E-state index in [1.807, 2.05) is 0 Å². The van der Waals surface area contributed by atoms with Crippen molar-refractivity contribution in [1.82, 2.24) is 9.97 Å². The molecule has 0 saturated carbocycles. The molecule has 0 radical (unpaired) electrons. The number of nitrogens with two attached hydrogens (primary N) is 2. The van der Waals surface area contributed by atoms with Crippen LogP contribution in [0.4, 0.5) is 9.18 Å². The van der Waals surface area contributed by atoms with E-state index in [2.05, 4.69) is 15.0 Å². The Bertz CT molecular complexity index is 850. The number of ether oxygens (including phenoxy) is 3. The fourth-order valence-electron chi connectivity index (χ4n) is 2.66. The van der Waals surface area contributed by atoms with Gasteiger partial charge in [0.25, 0.3) is 0 Å². The molecule has 3 rings (SSSR count). The summed E-state index contributed by atoms with van der Waals surface area (Å²) in [6.45, 7) is 0.799. The SMILES string of the molecule is NC(N)=NC(=O)OCc1cccc(-c2cnc(OCC3CCCO3)nc2)c1F. The molecule has 10 heteroatoms. The zero-order valence-corrected chi connectivity index (χ0v) is 15.0. The molecule has 0 aliphatic carbocycles. The van der Waals surface area contributed by atoms with Gasteiger partial charge in [-0.25, -0.2) is 19.2 Å². The van der Waals surface area contributed by atoms with E-state index in [4.69, 9.17) is 25.7 Å². The molecule has 0 bridgehead atoms. The summed E-state index contributed by atoms with van der Waals surface area (Å²) in [5.74, 6) is -0.991. The van der Waals surface area contributed by atoms with Crippen LogP contribution in [0.1, 0.15) is 18.4 Å². The quantitative estimate of drug-likeness (QED) is 0.563. The first kappa shape index (κ1) is 19.5. The summed E-state index contributed by atoms with van der Waals surface area (Å²) in [5, 5.41) is 0. The van der Waals surface area contributed by atoms with Crippen LogP contribution in [0.2, 0.25) is 0 Å². The molecule has 1 aromatic carbocycles. The lowest BCUT2D eigenvalue weighted by atomic mass is 10.1. The third-order valence-corrected chi connectivity index (χ3v) is 4.01. The number of nitrogens with zero attached hydrogens (tertiary/aromatic N) is 3. The second-order valence-corrected chi connectivity index (χ2v) is 6.07. The van der Waals surface area contributed by atoms with Gasteiger partial charge in [0.1, 0.15) is 19.0 Å². The molecular weight excluding hydrogens is 369 g/mol. The fourth-order valence-corrected chi connectivity index (χ4v) is 2.66. The minimum Gasteiger partial charge on any atom is -0.461 e. The average molecular weight is 389 g/mol. The largest absolute Gasteiger partial charge is 0.461 e. The molecule has 1 saturated heterocycles. The molecule has 1 aliphatic rings. The molecule has 28 heavy (non-hydrogen) atoms. The van der Waals surface area contributed by atoms with Crippen molar-refractivity contribution in [2.45, 2.75) is 25.6 Å². The number of rotatable bonds is 6. The minimum atomic E-state index is -0.999. The van der Waals surface area contributed by atoms with Crippen molar-refractivity contribution in [3.63, 3.8) is 0 Å². The highest BCUT2D eigenvalue weighted by Gasteiger charge is 2.17. The number of carbonyl (C=O) groups excluding carboxylic acids is 1. The highest BCUT2D eigenvalue weighted by atomic mass is 19.1. The lowest BCUT2D eigenvalue weighted by Gasteiger charge is -2.11. The molecule has 4 N–H and O–H groups in total. The van der Waals surface area contributed by atoms with Crippen LogP contribution in [-0.4, -0.2) is 41.3 Å². The Morgan fingerprint density at radius 2 is 2.11 bits per heavy atom. The monoisotopic (exact) mass is 389 g/mol. The number of carbonyl (C=O) groups is 1. The molecule has 0 spiro atoms. The third kappa shape index (κ3) is 5.13. The van der Waals surface area contributed by atoms with Crippen molar-refractivity contribution in [2.75, 3.05) is 13.2 Å². The van der Waals surface area contributed by atoms with E-state index in [9.17, 15) is 9.18 Å². The van der Waals surface area contributed by atoms with Gasteiger partial charge in [0.2, 0.25) is 0 Å².